The van der Waals surface area contributed by atoms with E-state index >= 15 is 0 Å². The summed E-state index contributed by atoms with van der Waals surface area (Å²) in [4.78, 5) is 19.0. The lowest BCUT2D eigenvalue weighted by molar-refractivity contribution is 0.0934. The molecule has 0 saturated heterocycles. The monoisotopic (exact) mass is 425 g/mol. The van der Waals surface area contributed by atoms with Crippen molar-refractivity contribution in [1.82, 2.24) is 15.2 Å². The number of halogens is 1. The van der Waals surface area contributed by atoms with Gasteiger partial charge in [-0.1, -0.05) is 61.0 Å². The van der Waals surface area contributed by atoms with Gasteiger partial charge in [0.05, 0.1) is 6.54 Å². The molecule has 1 amide bonds. The van der Waals surface area contributed by atoms with Gasteiger partial charge in [-0.25, -0.2) is 4.98 Å². The Morgan fingerprint density at radius 3 is 2.60 bits per heavy atom. The highest BCUT2D eigenvalue weighted by Gasteiger charge is 2.21. The van der Waals surface area contributed by atoms with Crippen molar-refractivity contribution >= 4 is 17.5 Å². The minimum absolute atomic E-state index is 0.0927. The molecule has 0 radical (unpaired) electrons. The molecule has 3 aromatic rings. The van der Waals surface area contributed by atoms with Crippen LogP contribution in [0.1, 0.15) is 60.7 Å². The number of rotatable bonds is 9. The number of oxazole rings is 1. The highest BCUT2D eigenvalue weighted by molar-refractivity contribution is 6.30. The molecule has 0 aliphatic rings. The molecule has 6 heteroatoms. The summed E-state index contributed by atoms with van der Waals surface area (Å²) in [5, 5.41) is 3.63. The van der Waals surface area contributed by atoms with Crippen LogP contribution in [0.3, 0.4) is 0 Å². The second-order valence-corrected chi connectivity index (χ2v) is 7.97. The molecule has 5 nitrogen and oxygen atoms in total. The lowest BCUT2D eigenvalue weighted by Crippen LogP contribution is -2.32. The zero-order valence-corrected chi connectivity index (χ0v) is 18.4. The Balaban J connectivity index is 1.79. The third-order valence-electron chi connectivity index (χ3n) is 5.22. The maximum Gasteiger partial charge on any atom is 0.273 e. The van der Waals surface area contributed by atoms with Crippen LogP contribution in [0.15, 0.2) is 65.3 Å². The molecule has 0 aliphatic heterocycles. The van der Waals surface area contributed by atoms with Crippen LogP contribution in [0.2, 0.25) is 5.02 Å². The van der Waals surface area contributed by atoms with Crippen molar-refractivity contribution < 1.29 is 9.21 Å². The van der Waals surface area contributed by atoms with E-state index in [9.17, 15) is 4.79 Å². The van der Waals surface area contributed by atoms with E-state index in [0.29, 0.717) is 29.7 Å². The van der Waals surface area contributed by atoms with Gasteiger partial charge in [0.15, 0.2) is 5.69 Å². The first kappa shape index (κ1) is 22.1. The fraction of sp³-hybridized carbons (Fsp3) is 0.333. The summed E-state index contributed by atoms with van der Waals surface area (Å²) in [6.45, 7) is 7.29. The van der Waals surface area contributed by atoms with E-state index in [1.807, 2.05) is 50.2 Å². The number of hydrogen-bond acceptors (Lipinski definition) is 4. The predicted molar refractivity (Wildman–Crippen MR) is 119 cm³/mol. The zero-order chi connectivity index (χ0) is 21.5. The van der Waals surface area contributed by atoms with Gasteiger partial charge < -0.3 is 9.73 Å². The van der Waals surface area contributed by atoms with Crippen molar-refractivity contribution in [1.29, 1.82) is 0 Å². The third-order valence-corrected chi connectivity index (χ3v) is 5.45. The smallest absolute Gasteiger partial charge is 0.273 e. The number of nitrogens with one attached hydrogen (secondary N) is 1. The topological polar surface area (TPSA) is 58.4 Å². The Labute approximate surface area is 183 Å². The first-order chi connectivity index (χ1) is 14.5. The number of hydrogen-bond donors (Lipinski definition) is 1. The van der Waals surface area contributed by atoms with Crippen LogP contribution in [0.4, 0.5) is 0 Å². The molecule has 1 aromatic heterocycles. The molecular formula is C24H28ClN3O2. The van der Waals surface area contributed by atoms with E-state index in [-0.39, 0.29) is 18.0 Å². The van der Waals surface area contributed by atoms with E-state index in [2.05, 4.69) is 40.3 Å². The first-order valence-corrected chi connectivity index (χ1v) is 10.6. The van der Waals surface area contributed by atoms with Crippen molar-refractivity contribution in [2.75, 3.05) is 0 Å². The Morgan fingerprint density at radius 2 is 1.90 bits per heavy atom. The van der Waals surface area contributed by atoms with Gasteiger partial charge in [-0.3, -0.25) is 9.69 Å². The normalized spacial score (nSPS) is 13.2. The molecular weight excluding hydrogens is 398 g/mol. The maximum atomic E-state index is 12.3. The first-order valence-electron chi connectivity index (χ1n) is 10.2. The Morgan fingerprint density at radius 1 is 1.13 bits per heavy atom. The molecule has 3 rings (SSSR count). The molecule has 0 unspecified atom stereocenters. The van der Waals surface area contributed by atoms with Gasteiger partial charge in [0.2, 0.25) is 5.89 Å². The lowest BCUT2D eigenvalue weighted by atomic mass is 10.1. The van der Waals surface area contributed by atoms with Crippen molar-refractivity contribution in [2.45, 2.75) is 52.4 Å². The van der Waals surface area contributed by atoms with Crippen LogP contribution in [0.5, 0.6) is 0 Å². The van der Waals surface area contributed by atoms with Crippen LogP contribution >= 0.6 is 11.6 Å². The average molecular weight is 426 g/mol. The van der Waals surface area contributed by atoms with Crippen LogP contribution < -0.4 is 5.32 Å². The summed E-state index contributed by atoms with van der Waals surface area (Å²) in [6.07, 6.45) is 2.29. The van der Waals surface area contributed by atoms with E-state index in [0.717, 1.165) is 12.0 Å². The predicted octanol–water partition coefficient (Wildman–Crippen LogP) is 5.62. The standard InChI is InChI=1S/C24H28ClN3O2/c1-4-17(2)26-24(29)22-16-30-23(27-22)15-28(14-19-9-8-12-21(25)13-19)18(3)20-10-6-5-7-11-20/h5-13,16-18H,4,14-15H2,1-3H3,(H,26,29)/t17-,18-/m0/s1. The summed E-state index contributed by atoms with van der Waals surface area (Å²) < 4.78 is 5.64. The van der Waals surface area contributed by atoms with Crippen LogP contribution in [-0.2, 0) is 13.1 Å². The molecule has 0 saturated carbocycles. The number of benzene rings is 2. The molecule has 2 aromatic carbocycles. The fourth-order valence-corrected chi connectivity index (χ4v) is 3.42. The number of nitrogens with zero attached hydrogens (tertiary/aromatic N) is 2. The molecule has 1 N–H and O–H groups in total. The molecule has 0 spiro atoms. The van der Waals surface area contributed by atoms with Gasteiger partial charge in [-0.05, 0) is 43.5 Å². The van der Waals surface area contributed by atoms with Crippen LogP contribution in [0, 0.1) is 0 Å². The van der Waals surface area contributed by atoms with Crippen molar-refractivity contribution in [3.63, 3.8) is 0 Å². The largest absolute Gasteiger partial charge is 0.447 e. The summed E-state index contributed by atoms with van der Waals surface area (Å²) in [5.41, 5.74) is 2.60. The van der Waals surface area contributed by atoms with Gasteiger partial charge >= 0.3 is 0 Å². The van der Waals surface area contributed by atoms with Gasteiger partial charge in [0.25, 0.3) is 5.91 Å². The summed E-state index contributed by atoms with van der Waals surface area (Å²) in [6, 6.07) is 18.3. The average Bonchev–Trinajstić information content (AvgIpc) is 3.22. The molecule has 158 valence electrons. The second-order valence-electron chi connectivity index (χ2n) is 7.53. The summed E-state index contributed by atoms with van der Waals surface area (Å²) >= 11 is 6.18. The lowest BCUT2D eigenvalue weighted by Gasteiger charge is -2.28. The van der Waals surface area contributed by atoms with Gasteiger partial charge in [-0.15, -0.1) is 0 Å². The summed E-state index contributed by atoms with van der Waals surface area (Å²) in [5.74, 6) is 0.297. The van der Waals surface area contributed by atoms with Crippen LogP contribution in [0.25, 0.3) is 0 Å². The molecule has 30 heavy (non-hydrogen) atoms. The van der Waals surface area contributed by atoms with Gasteiger partial charge in [-0.2, -0.15) is 0 Å². The molecule has 1 heterocycles. The van der Waals surface area contributed by atoms with Crippen LogP contribution in [-0.4, -0.2) is 21.8 Å². The zero-order valence-electron chi connectivity index (χ0n) is 17.6. The highest BCUT2D eigenvalue weighted by atomic mass is 35.5. The Hall–Kier alpha value is -2.63. The molecule has 0 fully saturated rings. The quantitative estimate of drug-likeness (QED) is 0.483. The third kappa shape index (κ3) is 5.94. The van der Waals surface area contributed by atoms with Crippen molar-refractivity contribution in [3.05, 3.63) is 88.6 Å². The maximum absolute atomic E-state index is 12.3. The van der Waals surface area contributed by atoms with E-state index in [4.69, 9.17) is 16.0 Å². The molecule has 0 aliphatic carbocycles. The SMILES string of the molecule is CC[C@H](C)NC(=O)c1coc(CN(Cc2cccc(Cl)c2)[C@@H](C)c2ccccc2)n1. The van der Waals surface area contributed by atoms with E-state index in [1.165, 1.54) is 11.8 Å². The fourth-order valence-electron chi connectivity index (χ4n) is 3.20. The molecule has 2 atom stereocenters. The Bertz CT molecular complexity index is 958. The number of amides is 1. The second kappa shape index (κ2) is 10.4. The minimum Gasteiger partial charge on any atom is -0.447 e. The number of aromatic nitrogens is 1. The molecule has 0 bridgehead atoms. The van der Waals surface area contributed by atoms with E-state index in [1.54, 1.807) is 0 Å². The van der Waals surface area contributed by atoms with E-state index < -0.39 is 0 Å². The highest BCUT2D eigenvalue weighted by Crippen LogP contribution is 2.25. The van der Waals surface area contributed by atoms with Gasteiger partial charge in [0, 0.05) is 23.7 Å². The van der Waals surface area contributed by atoms with Gasteiger partial charge in [0.1, 0.15) is 6.26 Å². The number of carbonyl (C=O) groups is 1. The van der Waals surface area contributed by atoms with Crippen molar-refractivity contribution in [2.24, 2.45) is 0 Å². The minimum atomic E-state index is -0.211. The van der Waals surface area contributed by atoms with Crippen molar-refractivity contribution in [3.8, 4) is 0 Å². The summed E-state index contributed by atoms with van der Waals surface area (Å²) in [7, 11) is 0. The Kier molecular flexibility index (Phi) is 7.66. The number of carbonyl (C=O) groups excluding carboxylic acids is 1.